The Morgan fingerprint density at radius 3 is 2.33 bits per heavy atom. The number of amides is 1. The molecule has 0 aliphatic heterocycles. The van der Waals surface area contributed by atoms with Crippen LogP contribution < -0.4 is 10.1 Å². The second kappa shape index (κ2) is 9.81. The maximum atomic E-state index is 13.4. The predicted molar refractivity (Wildman–Crippen MR) is 135 cm³/mol. The fourth-order valence-corrected chi connectivity index (χ4v) is 4.28. The van der Waals surface area contributed by atoms with Gasteiger partial charge in [-0.25, -0.2) is 0 Å². The molecule has 1 N–H and O–H groups in total. The fourth-order valence-electron chi connectivity index (χ4n) is 3.89. The quantitative estimate of drug-likeness (QED) is 0.334. The number of fused-ring (bicyclic) bond motifs is 1. The third-order valence-corrected chi connectivity index (χ3v) is 6.38. The Morgan fingerprint density at radius 2 is 1.67 bits per heavy atom. The zero-order chi connectivity index (χ0) is 23.5. The molecule has 0 aliphatic carbocycles. The Labute approximate surface area is 205 Å². The van der Waals surface area contributed by atoms with Crippen LogP contribution in [0.15, 0.2) is 71.2 Å². The molecule has 0 unspecified atom stereocenters. The molecule has 0 aliphatic rings. The van der Waals surface area contributed by atoms with E-state index in [1.165, 1.54) is 0 Å². The molecule has 0 spiro atoms. The van der Waals surface area contributed by atoms with E-state index >= 15 is 0 Å². The number of nitrogens with zero attached hydrogens (tertiary/aromatic N) is 1. The normalized spacial score (nSPS) is 10.9. The third kappa shape index (κ3) is 4.82. The van der Waals surface area contributed by atoms with Gasteiger partial charge in [0.05, 0.1) is 12.6 Å². The summed E-state index contributed by atoms with van der Waals surface area (Å²) >= 11 is 9.37. The van der Waals surface area contributed by atoms with Crippen molar-refractivity contribution in [3.05, 3.63) is 98.6 Å². The average molecular weight is 526 g/mol. The second-order valence-electron chi connectivity index (χ2n) is 7.61. The first-order valence-corrected chi connectivity index (χ1v) is 11.6. The number of carbonyl (C=O) groups excluding carboxylic acids is 2. The molecule has 4 rings (SSSR count). The molecule has 7 heteroatoms. The van der Waals surface area contributed by atoms with Crippen molar-refractivity contribution in [1.82, 2.24) is 9.88 Å². The molecule has 33 heavy (non-hydrogen) atoms. The van der Waals surface area contributed by atoms with Gasteiger partial charge in [-0.2, -0.15) is 0 Å². The van der Waals surface area contributed by atoms with Crippen LogP contribution in [0.5, 0.6) is 5.75 Å². The molecule has 0 fully saturated rings. The Hall–Kier alpha value is -3.09. The van der Waals surface area contributed by atoms with E-state index in [-0.39, 0.29) is 11.8 Å². The summed E-state index contributed by atoms with van der Waals surface area (Å²) in [6.45, 7) is 2.35. The zero-order valence-corrected chi connectivity index (χ0v) is 20.5. The Kier molecular flexibility index (Phi) is 6.86. The number of nitrogens with one attached hydrogen (secondary N) is 1. The van der Waals surface area contributed by atoms with E-state index < -0.39 is 0 Å². The van der Waals surface area contributed by atoms with Crippen LogP contribution in [0.4, 0.5) is 0 Å². The van der Waals surface area contributed by atoms with Crippen LogP contribution >= 0.6 is 27.5 Å². The lowest BCUT2D eigenvalue weighted by atomic mass is 10.1. The minimum Gasteiger partial charge on any atom is -0.497 e. The highest BCUT2D eigenvalue weighted by Crippen LogP contribution is 2.30. The first-order chi connectivity index (χ1) is 15.9. The number of rotatable bonds is 6. The topological polar surface area (TPSA) is 60.3 Å². The molecule has 1 amide bonds. The SMILES string of the molecule is COc1ccc2c(c1)c(CCNC(=O)c1ccc(Br)cc1)c(C)n2C(=O)c1ccc(Cl)cc1. The van der Waals surface area contributed by atoms with E-state index in [0.717, 1.165) is 26.6 Å². The highest BCUT2D eigenvalue weighted by atomic mass is 79.9. The Bertz CT molecular complexity index is 1330. The summed E-state index contributed by atoms with van der Waals surface area (Å²) in [5.41, 5.74) is 3.75. The van der Waals surface area contributed by atoms with Crippen molar-refractivity contribution in [2.45, 2.75) is 13.3 Å². The molecular formula is C26H22BrClN2O3. The first kappa shape index (κ1) is 23.1. The van der Waals surface area contributed by atoms with Gasteiger partial charge in [-0.05, 0) is 85.6 Å². The molecule has 5 nitrogen and oxygen atoms in total. The van der Waals surface area contributed by atoms with Gasteiger partial charge in [-0.1, -0.05) is 27.5 Å². The van der Waals surface area contributed by atoms with Crippen LogP contribution in [0.1, 0.15) is 32.0 Å². The number of benzene rings is 3. The third-order valence-electron chi connectivity index (χ3n) is 5.60. The summed E-state index contributed by atoms with van der Waals surface area (Å²) < 4.78 is 8.04. The summed E-state index contributed by atoms with van der Waals surface area (Å²) in [7, 11) is 1.61. The number of hydrogen-bond acceptors (Lipinski definition) is 3. The van der Waals surface area contributed by atoms with Gasteiger partial charge in [-0.3, -0.25) is 14.2 Å². The highest BCUT2D eigenvalue weighted by molar-refractivity contribution is 9.10. The standard InChI is InChI=1S/C26H22BrClN2O3/c1-16-22(13-14-29-25(31)17-3-7-19(27)8-4-17)23-15-21(33-2)11-12-24(23)30(16)26(32)18-5-9-20(28)10-6-18/h3-12,15H,13-14H2,1-2H3,(H,29,31). The Morgan fingerprint density at radius 1 is 1.00 bits per heavy atom. The number of hydrogen-bond donors (Lipinski definition) is 1. The molecular weight excluding hydrogens is 504 g/mol. The van der Waals surface area contributed by atoms with Crippen molar-refractivity contribution in [3.8, 4) is 5.75 Å². The summed E-state index contributed by atoms with van der Waals surface area (Å²) in [6, 6.07) is 19.7. The molecule has 0 atom stereocenters. The summed E-state index contributed by atoms with van der Waals surface area (Å²) in [5, 5.41) is 4.47. The number of ether oxygens (including phenoxy) is 1. The minimum absolute atomic E-state index is 0.135. The minimum atomic E-state index is -0.140. The van der Waals surface area contributed by atoms with Crippen LogP contribution in [-0.2, 0) is 6.42 Å². The van der Waals surface area contributed by atoms with Gasteiger partial charge in [0.15, 0.2) is 0 Å². The second-order valence-corrected chi connectivity index (χ2v) is 8.96. The molecule has 1 heterocycles. The molecule has 1 aromatic heterocycles. The van der Waals surface area contributed by atoms with Crippen LogP contribution in [0.25, 0.3) is 10.9 Å². The van der Waals surface area contributed by atoms with Gasteiger partial charge in [0, 0.05) is 38.2 Å². The lowest BCUT2D eigenvalue weighted by molar-refractivity contribution is 0.0948. The molecule has 0 saturated carbocycles. The van der Waals surface area contributed by atoms with Crippen molar-refractivity contribution >= 4 is 50.2 Å². The van der Waals surface area contributed by atoms with E-state index in [1.54, 1.807) is 48.1 Å². The zero-order valence-electron chi connectivity index (χ0n) is 18.2. The molecule has 168 valence electrons. The summed E-state index contributed by atoms with van der Waals surface area (Å²) in [4.78, 5) is 25.9. The van der Waals surface area contributed by atoms with Crippen molar-refractivity contribution in [3.63, 3.8) is 0 Å². The monoisotopic (exact) mass is 524 g/mol. The molecule has 4 aromatic rings. The van der Waals surface area contributed by atoms with Crippen molar-refractivity contribution in [2.75, 3.05) is 13.7 Å². The largest absolute Gasteiger partial charge is 0.497 e. The van der Waals surface area contributed by atoms with Crippen molar-refractivity contribution < 1.29 is 14.3 Å². The first-order valence-electron chi connectivity index (χ1n) is 10.4. The maximum absolute atomic E-state index is 13.4. The van der Waals surface area contributed by atoms with E-state index in [4.69, 9.17) is 16.3 Å². The van der Waals surface area contributed by atoms with E-state index in [1.807, 2.05) is 37.3 Å². The maximum Gasteiger partial charge on any atom is 0.262 e. The van der Waals surface area contributed by atoms with Gasteiger partial charge in [0.1, 0.15) is 5.75 Å². The van der Waals surface area contributed by atoms with Crippen molar-refractivity contribution in [2.24, 2.45) is 0 Å². The number of carbonyl (C=O) groups is 2. The summed E-state index contributed by atoms with van der Waals surface area (Å²) in [6.07, 6.45) is 0.568. The fraction of sp³-hybridized carbons (Fsp3) is 0.154. The number of methoxy groups -OCH3 is 1. The predicted octanol–water partition coefficient (Wildman–Crippen LogP) is 6.04. The van der Waals surface area contributed by atoms with Crippen LogP contribution in [0.2, 0.25) is 5.02 Å². The van der Waals surface area contributed by atoms with E-state index in [9.17, 15) is 9.59 Å². The smallest absolute Gasteiger partial charge is 0.262 e. The highest BCUT2D eigenvalue weighted by Gasteiger charge is 2.20. The Balaban J connectivity index is 1.65. The number of halogens is 2. The molecule has 0 radical (unpaired) electrons. The van der Waals surface area contributed by atoms with Gasteiger partial charge in [0.25, 0.3) is 11.8 Å². The van der Waals surface area contributed by atoms with Gasteiger partial charge < -0.3 is 10.1 Å². The lowest BCUT2D eigenvalue weighted by Gasteiger charge is -2.09. The van der Waals surface area contributed by atoms with Gasteiger partial charge in [-0.15, -0.1) is 0 Å². The molecule has 3 aromatic carbocycles. The number of aromatic nitrogens is 1. The summed E-state index contributed by atoms with van der Waals surface area (Å²) in [5.74, 6) is 0.432. The molecule has 0 bridgehead atoms. The van der Waals surface area contributed by atoms with Gasteiger partial charge in [0.2, 0.25) is 0 Å². The van der Waals surface area contributed by atoms with Crippen LogP contribution in [0.3, 0.4) is 0 Å². The average Bonchev–Trinajstić information content (AvgIpc) is 3.10. The lowest BCUT2D eigenvalue weighted by Crippen LogP contribution is -2.25. The van der Waals surface area contributed by atoms with E-state index in [2.05, 4.69) is 21.2 Å². The van der Waals surface area contributed by atoms with Crippen LogP contribution in [0, 0.1) is 6.92 Å². The van der Waals surface area contributed by atoms with E-state index in [0.29, 0.717) is 34.9 Å². The van der Waals surface area contributed by atoms with Crippen LogP contribution in [-0.4, -0.2) is 30.0 Å². The van der Waals surface area contributed by atoms with Crippen molar-refractivity contribution in [1.29, 1.82) is 0 Å². The molecule has 0 saturated heterocycles. The van der Waals surface area contributed by atoms with Gasteiger partial charge >= 0.3 is 0 Å².